The van der Waals surface area contributed by atoms with E-state index in [2.05, 4.69) is 5.32 Å². The average molecular weight is 252 g/mol. The molecule has 0 saturated carbocycles. The standard InChI is InChI=1S/C14H24N2O2/c1-10(8-11(2)17)16-13(9-15)12-6-4-5-7-14(12)18-3/h4-7,10-11,13,16-17H,8-9,15H2,1-3H3. The Morgan fingerprint density at radius 2 is 2.00 bits per heavy atom. The van der Waals surface area contributed by atoms with Crippen molar-refractivity contribution in [2.24, 2.45) is 5.73 Å². The van der Waals surface area contributed by atoms with Crippen LogP contribution in [0.3, 0.4) is 0 Å². The minimum Gasteiger partial charge on any atom is -0.496 e. The van der Waals surface area contributed by atoms with E-state index in [1.165, 1.54) is 0 Å². The molecule has 3 atom stereocenters. The number of ether oxygens (including phenoxy) is 1. The second-order valence-corrected chi connectivity index (χ2v) is 4.68. The first-order valence-corrected chi connectivity index (χ1v) is 6.35. The van der Waals surface area contributed by atoms with Gasteiger partial charge in [-0.2, -0.15) is 0 Å². The van der Waals surface area contributed by atoms with Gasteiger partial charge in [-0.3, -0.25) is 0 Å². The van der Waals surface area contributed by atoms with Crippen LogP contribution in [0.25, 0.3) is 0 Å². The fourth-order valence-corrected chi connectivity index (χ4v) is 2.16. The van der Waals surface area contributed by atoms with Crippen molar-refractivity contribution in [2.45, 2.75) is 38.5 Å². The molecule has 0 aromatic heterocycles. The third kappa shape index (κ3) is 4.29. The molecule has 0 heterocycles. The molecule has 1 aromatic carbocycles. The molecule has 0 spiro atoms. The van der Waals surface area contributed by atoms with Crippen LogP contribution in [0.2, 0.25) is 0 Å². The highest BCUT2D eigenvalue weighted by molar-refractivity contribution is 5.36. The first kappa shape index (κ1) is 15.0. The Balaban J connectivity index is 2.76. The zero-order valence-corrected chi connectivity index (χ0v) is 11.4. The molecule has 1 rings (SSSR count). The van der Waals surface area contributed by atoms with E-state index in [9.17, 15) is 5.11 Å². The Morgan fingerprint density at radius 3 is 2.56 bits per heavy atom. The van der Waals surface area contributed by atoms with Gasteiger partial charge in [0.2, 0.25) is 0 Å². The third-order valence-electron chi connectivity index (χ3n) is 2.93. The highest BCUT2D eigenvalue weighted by Gasteiger charge is 2.17. The predicted octanol–water partition coefficient (Wildman–Crippen LogP) is 1.44. The van der Waals surface area contributed by atoms with E-state index in [0.717, 1.165) is 11.3 Å². The zero-order valence-electron chi connectivity index (χ0n) is 11.4. The lowest BCUT2D eigenvalue weighted by atomic mass is 10.0. The Morgan fingerprint density at radius 1 is 1.33 bits per heavy atom. The Kier molecular flexibility index (Phi) is 6.12. The number of nitrogens with one attached hydrogen (secondary N) is 1. The lowest BCUT2D eigenvalue weighted by Crippen LogP contribution is -2.36. The zero-order chi connectivity index (χ0) is 13.5. The van der Waals surface area contributed by atoms with Gasteiger partial charge in [0.25, 0.3) is 0 Å². The van der Waals surface area contributed by atoms with Crippen LogP contribution >= 0.6 is 0 Å². The monoisotopic (exact) mass is 252 g/mol. The number of aliphatic hydroxyl groups is 1. The van der Waals surface area contributed by atoms with E-state index in [1.54, 1.807) is 14.0 Å². The van der Waals surface area contributed by atoms with Gasteiger partial charge in [0.05, 0.1) is 13.2 Å². The number of rotatable bonds is 7. The SMILES string of the molecule is COc1ccccc1C(CN)NC(C)CC(C)O. The number of hydrogen-bond donors (Lipinski definition) is 3. The van der Waals surface area contributed by atoms with Crippen LogP contribution in [0.4, 0.5) is 0 Å². The number of methoxy groups -OCH3 is 1. The number of benzene rings is 1. The number of hydrogen-bond acceptors (Lipinski definition) is 4. The highest BCUT2D eigenvalue weighted by atomic mass is 16.5. The first-order chi connectivity index (χ1) is 8.58. The summed E-state index contributed by atoms with van der Waals surface area (Å²) in [6.45, 7) is 4.33. The first-order valence-electron chi connectivity index (χ1n) is 6.35. The van der Waals surface area contributed by atoms with E-state index in [4.69, 9.17) is 10.5 Å². The molecule has 4 nitrogen and oxygen atoms in total. The largest absolute Gasteiger partial charge is 0.496 e. The van der Waals surface area contributed by atoms with Crippen LogP contribution in [-0.2, 0) is 0 Å². The molecule has 0 fully saturated rings. The number of nitrogens with two attached hydrogens (primary N) is 1. The van der Waals surface area contributed by atoms with Crippen LogP contribution in [0.1, 0.15) is 31.9 Å². The van der Waals surface area contributed by atoms with E-state index in [1.807, 2.05) is 31.2 Å². The van der Waals surface area contributed by atoms with Crippen molar-refractivity contribution in [3.63, 3.8) is 0 Å². The van der Waals surface area contributed by atoms with Crippen molar-refractivity contribution in [1.82, 2.24) is 5.32 Å². The van der Waals surface area contributed by atoms with Crippen molar-refractivity contribution in [1.29, 1.82) is 0 Å². The fraction of sp³-hybridized carbons (Fsp3) is 0.571. The summed E-state index contributed by atoms with van der Waals surface area (Å²) in [5.41, 5.74) is 6.88. The maximum Gasteiger partial charge on any atom is 0.123 e. The van der Waals surface area contributed by atoms with Gasteiger partial charge >= 0.3 is 0 Å². The molecule has 102 valence electrons. The van der Waals surface area contributed by atoms with Gasteiger partial charge in [0.1, 0.15) is 5.75 Å². The minimum absolute atomic E-state index is 0.0369. The Hall–Kier alpha value is -1.10. The fourth-order valence-electron chi connectivity index (χ4n) is 2.16. The smallest absolute Gasteiger partial charge is 0.123 e. The molecular weight excluding hydrogens is 228 g/mol. The predicted molar refractivity (Wildman–Crippen MR) is 73.7 cm³/mol. The summed E-state index contributed by atoms with van der Waals surface area (Å²) in [7, 11) is 1.66. The molecule has 0 saturated heterocycles. The van der Waals surface area contributed by atoms with Gasteiger partial charge in [-0.15, -0.1) is 0 Å². The molecule has 4 N–H and O–H groups in total. The minimum atomic E-state index is -0.316. The van der Waals surface area contributed by atoms with E-state index < -0.39 is 0 Å². The van der Waals surface area contributed by atoms with Gasteiger partial charge in [-0.05, 0) is 26.3 Å². The summed E-state index contributed by atoms with van der Waals surface area (Å²) in [5, 5.41) is 12.8. The summed E-state index contributed by atoms with van der Waals surface area (Å²) in [5.74, 6) is 0.838. The molecule has 0 bridgehead atoms. The lowest BCUT2D eigenvalue weighted by molar-refractivity contribution is 0.168. The molecule has 4 heteroatoms. The van der Waals surface area contributed by atoms with Crippen LogP contribution < -0.4 is 15.8 Å². The van der Waals surface area contributed by atoms with Gasteiger partial charge in [0, 0.05) is 24.2 Å². The van der Waals surface area contributed by atoms with Crippen LogP contribution in [0, 0.1) is 0 Å². The van der Waals surface area contributed by atoms with Crippen molar-refractivity contribution in [2.75, 3.05) is 13.7 Å². The molecule has 18 heavy (non-hydrogen) atoms. The quantitative estimate of drug-likeness (QED) is 0.687. The summed E-state index contributed by atoms with van der Waals surface area (Å²) < 4.78 is 5.35. The van der Waals surface area contributed by atoms with Gasteiger partial charge < -0.3 is 20.9 Å². The molecule has 0 aliphatic rings. The van der Waals surface area contributed by atoms with Gasteiger partial charge in [-0.1, -0.05) is 18.2 Å². The summed E-state index contributed by atoms with van der Waals surface area (Å²) in [6, 6.07) is 8.09. The summed E-state index contributed by atoms with van der Waals surface area (Å²) in [4.78, 5) is 0. The number of para-hydroxylation sites is 1. The average Bonchev–Trinajstić information content (AvgIpc) is 2.35. The highest BCUT2D eigenvalue weighted by Crippen LogP contribution is 2.24. The van der Waals surface area contributed by atoms with E-state index >= 15 is 0 Å². The Labute approximate surface area is 109 Å². The van der Waals surface area contributed by atoms with Crippen LogP contribution in [-0.4, -0.2) is 30.9 Å². The maximum atomic E-state index is 9.38. The molecule has 1 aromatic rings. The molecule has 0 radical (unpaired) electrons. The van der Waals surface area contributed by atoms with Crippen molar-refractivity contribution in [3.05, 3.63) is 29.8 Å². The van der Waals surface area contributed by atoms with Crippen molar-refractivity contribution < 1.29 is 9.84 Å². The molecule has 0 aliphatic carbocycles. The van der Waals surface area contributed by atoms with Gasteiger partial charge in [-0.25, -0.2) is 0 Å². The van der Waals surface area contributed by atoms with Crippen molar-refractivity contribution in [3.8, 4) is 5.75 Å². The molecule has 0 aliphatic heterocycles. The van der Waals surface area contributed by atoms with E-state index in [-0.39, 0.29) is 18.2 Å². The molecular formula is C14H24N2O2. The maximum absolute atomic E-state index is 9.38. The van der Waals surface area contributed by atoms with Crippen molar-refractivity contribution >= 4 is 0 Å². The summed E-state index contributed by atoms with van der Waals surface area (Å²) in [6.07, 6.45) is 0.384. The van der Waals surface area contributed by atoms with Gasteiger partial charge in [0.15, 0.2) is 0 Å². The molecule has 0 amide bonds. The van der Waals surface area contributed by atoms with Crippen LogP contribution in [0.15, 0.2) is 24.3 Å². The second-order valence-electron chi connectivity index (χ2n) is 4.68. The van der Waals surface area contributed by atoms with Crippen LogP contribution in [0.5, 0.6) is 5.75 Å². The normalized spacial score (nSPS) is 16.1. The molecule has 3 unspecified atom stereocenters. The lowest BCUT2D eigenvalue weighted by Gasteiger charge is -2.24. The number of aliphatic hydroxyl groups excluding tert-OH is 1. The Bertz CT molecular complexity index is 355. The van der Waals surface area contributed by atoms with E-state index in [0.29, 0.717) is 13.0 Å². The summed E-state index contributed by atoms with van der Waals surface area (Å²) >= 11 is 0. The second kappa shape index (κ2) is 7.36. The topological polar surface area (TPSA) is 67.5 Å². The third-order valence-corrected chi connectivity index (χ3v) is 2.93.